The van der Waals surface area contributed by atoms with Crippen LogP contribution in [-0.2, 0) is 22.4 Å². The first-order chi connectivity index (χ1) is 26.5. The van der Waals surface area contributed by atoms with Crippen LogP contribution in [0.1, 0.15) is 91.5 Å². The molecule has 0 bridgehead atoms. The Balaban J connectivity index is 0.000000721. The van der Waals surface area contributed by atoms with E-state index < -0.39 is 24.3 Å². The zero-order valence-corrected chi connectivity index (χ0v) is 36.3. The molecule has 0 saturated heterocycles. The molecule has 57 heavy (non-hydrogen) atoms. The molecule has 5 aromatic rings. The summed E-state index contributed by atoms with van der Waals surface area (Å²) in [4.78, 5) is 36.6. The fourth-order valence-electron chi connectivity index (χ4n) is 5.59. The van der Waals surface area contributed by atoms with E-state index in [0.29, 0.717) is 18.0 Å². The molecule has 6 rings (SSSR count). The molecule has 0 fully saturated rings. The molecule has 312 valence electrons. The molecular formula is C45H64FN5O6. The van der Waals surface area contributed by atoms with Crippen LogP contribution in [0.3, 0.4) is 0 Å². The van der Waals surface area contributed by atoms with Gasteiger partial charge in [-0.3, -0.25) is 14.6 Å². The van der Waals surface area contributed by atoms with E-state index in [1.165, 1.54) is 5.56 Å². The van der Waals surface area contributed by atoms with E-state index in [0.717, 1.165) is 79.7 Å². The smallest absolute Gasteiger partial charge is 0.307 e. The van der Waals surface area contributed by atoms with Crippen molar-refractivity contribution in [2.24, 2.45) is 11.1 Å². The lowest BCUT2D eigenvalue weighted by Crippen LogP contribution is -2.12. The van der Waals surface area contributed by atoms with Crippen molar-refractivity contribution in [3.63, 3.8) is 0 Å². The lowest BCUT2D eigenvalue weighted by atomic mass is 9.84. The topological polar surface area (TPSA) is 172 Å². The van der Waals surface area contributed by atoms with E-state index in [1.54, 1.807) is 20.8 Å². The number of rotatable bonds is 5. The van der Waals surface area contributed by atoms with Gasteiger partial charge in [-0.05, 0) is 102 Å². The Labute approximate surface area is 338 Å². The highest BCUT2D eigenvalue weighted by Gasteiger charge is 2.23. The van der Waals surface area contributed by atoms with E-state index in [9.17, 15) is 14.3 Å². The maximum atomic E-state index is 12.0. The molecule has 1 aliphatic rings. The van der Waals surface area contributed by atoms with Crippen LogP contribution in [0.4, 0.5) is 10.3 Å². The largest absolute Gasteiger partial charge is 0.493 e. The third kappa shape index (κ3) is 16.1. The molecule has 0 radical (unpaired) electrons. The minimum absolute atomic E-state index is 0.0722. The maximum absolute atomic E-state index is 12.0. The predicted molar refractivity (Wildman–Crippen MR) is 232 cm³/mol. The summed E-state index contributed by atoms with van der Waals surface area (Å²) in [6.45, 7) is 23.0. The second-order valence-electron chi connectivity index (χ2n) is 15.9. The number of ether oxygens (including phenoxy) is 1. The van der Waals surface area contributed by atoms with Gasteiger partial charge in [0, 0.05) is 62.5 Å². The van der Waals surface area contributed by atoms with Gasteiger partial charge in [0.15, 0.2) is 0 Å². The molecule has 2 aromatic heterocycles. The number of aromatic nitrogens is 3. The Morgan fingerprint density at radius 2 is 1.40 bits per heavy atom. The number of carboxylic acids is 2. The number of fused-ring (bicyclic) bond motifs is 1. The molecule has 3 heterocycles. The summed E-state index contributed by atoms with van der Waals surface area (Å²) in [5.74, 6) is -0.211. The van der Waals surface area contributed by atoms with Gasteiger partial charge in [-0.1, -0.05) is 59.7 Å². The van der Waals surface area contributed by atoms with Crippen molar-refractivity contribution >= 4 is 39.6 Å². The number of aliphatic carboxylic acids is 2. The van der Waals surface area contributed by atoms with Crippen molar-refractivity contribution in [2.75, 3.05) is 32.4 Å². The van der Waals surface area contributed by atoms with Crippen LogP contribution >= 0.6 is 0 Å². The number of hydrogen-bond donors (Lipinski definition) is 4. The first-order valence-corrected chi connectivity index (χ1v) is 19.0. The lowest BCUT2D eigenvalue weighted by Gasteiger charge is -2.22. The van der Waals surface area contributed by atoms with Gasteiger partial charge in [-0.15, -0.1) is 0 Å². The Morgan fingerprint density at radius 1 is 0.895 bits per heavy atom. The van der Waals surface area contributed by atoms with Gasteiger partial charge in [0.1, 0.15) is 12.5 Å². The maximum Gasteiger partial charge on any atom is 0.307 e. The van der Waals surface area contributed by atoms with Crippen LogP contribution in [0.2, 0.25) is 0 Å². The van der Waals surface area contributed by atoms with Crippen molar-refractivity contribution in [2.45, 2.75) is 102 Å². The van der Waals surface area contributed by atoms with Crippen LogP contribution in [0.25, 0.3) is 43.9 Å². The van der Waals surface area contributed by atoms with Gasteiger partial charge < -0.3 is 30.7 Å². The highest BCUT2D eigenvalue weighted by molar-refractivity contribution is 6.10. The van der Waals surface area contributed by atoms with Gasteiger partial charge in [0.05, 0.1) is 24.1 Å². The van der Waals surface area contributed by atoms with Crippen molar-refractivity contribution in [3.8, 4) is 28.0 Å². The molecular weight excluding hydrogens is 726 g/mol. The Morgan fingerprint density at radius 3 is 1.89 bits per heavy atom. The quantitative estimate of drug-likeness (QED) is 0.125. The second kappa shape index (κ2) is 22.5. The molecule has 0 saturated carbocycles. The molecule has 0 unspecified atom stereocenters. The van der Waals surface area contributed by atoms with Crippen LogP contribution in [-0.4, -0.2) is 75.3 Å². The average Bonchev–Trinajstić information content (AvgIpc) is 3.09. The van der Waals surface area contributed by atoms with Crippen molar-refractivity contribution in [1.82, 2.24) is 15.0 Å². The Kier molecular flexibility index (Phi) is 19.7. The predicted octanol–water partition coefficient (Wildman–Crippen LogP) is 9.58. The number of anilines is 1. The number of pyridine rings is 1. The van der Waals surface area contributed by atoms with E-state index in [-0.39, 0.29) is 6.42 Å². The number of nitrogens with zero attached hydrogens (tertiary/aromatic N) is 4. The number of nitrogens with two attached hydrogens (primary N) is 1. The number of aryl methyl sites for hydroxylation is 2. The SMILES string of the molecule is CC.CC(=O)O.CC(C)(C)C.CC(C)(C)O.Cc1cc2c(C)c(-c3cnc(N(C)C)nc3)ccc2c(-c2ccc3c4c(ccnc24)CCO3)c1CC(=O)O.NCF. The van der Waals surface area contributed by atoms with Crippen LogP contribution in [0.5, 0.6) is 5.75 Å². The van der Waals surface area contributed by atoms with Gasteiger partial charge in [0.2, 0.25) is 5.95 Å². The van der Waals surface area contributed by atoms with Crippen molar-refractivity contribution in [1.29, 1.82) is 0 Å². The Bertz CT molecular complexity index is 2030. The second-order valence-corrected chi connectivity index (χ2v) is 15.9. The summed E-state index contributed by atoms with van der Waals surface area (Å²) in [6, 6.07) is 12.3. The number of halogens is 1. The number of aliphatic hydroxyl groups is 1. The zero-order valence-electron chi connectivity index (χ0n) is 36.3. The number of alkyl halides is 1. The zero-order chi connectivity index (χ0) is 43.8. The third-order valence-corrected chi connectivity index (χ3v) is 7.44. The summed E-state index contributed by atoms with van der Waals surface area (Å²) in [7, 11) is 3.83. The minimum atomic E-state index is -0.862. The summed E-state index contributed by atoms with van der Waals surface area (Å²) in [5.41, 5.74) is 12.9. The summed E-state index contributed by atoms with van der Waals surface area (Å²) >= 11 is 0. The first-order valence-electron chi connectivity index (χ1n) is 19.0. The number of carboxylic acid groups (broad SMARTS) is 2. The molecule has 0 aliphatic carbocycles. The normalized spacial score (nSPS) is 11.3. The molecule has 5 N–H and O–H groups in total. The summed E-state index contributed by atoms with van der Waals surface area (Å²) < 4.78 is 16.0. The fraction of sp³-hybridized carbons (Fsp3) is 0.444. The van der Waals surface area contributed by atoms with Crippen molar-refractivity contribution in [3.05, 3.63) is 77.2 Å². The monoisotopic (exact) mass is 789 g/mol. The summed E-state index contributed by atoms with van der Waals surface area (Å²) in [6.07, 6.45) is 6.28. The van der Waals surface area contributed by atoms with Crippen LogP contribution in [0, 0.1) is 19.3 Å². The van der Waals surface area contributed by atoms with Gasteiger partial charge >= 0.3 is 5.97 Å². The van der Waals surface area contributed by atoms with E-state index in [4.69, 9.17) is 24.7 Å². The highest BCUT2D eigenvalue weighted by atomic mass is 19.1. The summed E-state index contributed by atoms with van der Waals surface area (Å²) in [5, 5.41) is 28.9. The average molecular weight is 790 g/mol. The standard InChI is InChI=1S/C31H28N4O3.C5H12.C4H10O.C2H4O2.C2H6.CH4FN/c1-17-13-25-18(2)21(20-15-33-31(34-16-20)35(3)4)5-6-22(25)29(24(17)14-27(36)37)23-7-8-26-28-19(10-12-38-26)9-11-32-30(23)28;1-5(2,3)4;1-4(2,3)5;1-2(3)4;1-2;2-1-3/h5-9,11,13,15-16H,10,12,14H2,1-4H3,(H,36,37);1-4H3;5H,1-3H3;1H3,(H,3,4);1-2H3;1,3H2. The van der Waals surface area contributed by atoms with Gasteiger partial charge in [-0.25, -0.2) is 14.4 Å². The van der Waals surface area contributed by atoms with Crippen LogP contribution < -0.4 is 15.4 Å². The highest BCUT2D eigenvalue weighted by Crippen LogP contribution is 2.44. The van der Waals surface area contributed by atoms with Crippen LogP contribution in [0.15, 0.2) is 55.0 Å². The lowest BCUT2D eigenvalue weighted by molar-refractivity contribution is -0.136. The first kappa shape index (κ1) is 49.8. The number of hydrogen-bond acceptors (Lipinski definition) is 9. The fourth-order valence-corrected chi connectivity index (χ4v) is 5.59. The van der Waals surface area contributed by atoms with E-state index >= 15 is 0 Å². The van der Waals surface area contributed by atoms with Gasteiger partial charge in [0.25, 0.3) is 5.97 Å². The number of benzene rings is 3. The molecule has 0 atom stereocenters. The molecule has 11 nitrogen and oxygen atoms in total. The third-order valence-electron chi connectivity index (χ3n) is 7.44. The van der Waals surface area contributed by atoms with Gasteiger partial charge in [-0.2, -0.15) is 0 Å². The Hall–Kier alpha value is -5.20. The number of carbonyl (C=O) groups is 2. The molecule has 0 amide bonds. The van der Waals surface area contributed by atoms with E-state index in [1.807, 2.05) is 76.6 Å². The molecule has 1 aliphatic heterocycles. The van der Waals surface area contributed by atoms with E-state index in [2.05, 4.69) is 68.5 Å². The molecule has 0 spiro atoms. The molecule has 12 heteroatoms. The molecule has 3 aromatic carbocycles. The minimum Gasteiger partial charge on any atom is -0.493 e. The van der Waals surface area contributed by atoms with Crippen molar-refractivity contribution < 1.29 is 34.0 Å².